The molecule has 2 aromatic rings. The summed E-state index contributed by atoms with van der Waals surface area (Å²) in [5.74, 6) is -1.43. The number of methoxy groups -OCH3 is 1. The molecule has 114 valence electrons. The zero-order valence-corrected chi connectivity index (χ0v) is 12.6. The van der Waals surface area contributed by atoms with Crippen molar-refractivity contribution in [3.05, 3.63) is 28.7 Å². The number of aromatic nitrogens is 1. The Kier molecular flexibility index (Phi) is 4.18. The van der Waals surface area contributed by atoms with E-state index in [1.54, 1.807) is 0 Å². The smallest absolute Gasteiger partial charge is 0.310 e. The van der Waals surface area contributed by atoms with Gasteiger partial charge in [-0.3, -0.25) is 4.79 Å². The quantitative estimate of drug-likeness (QED) is 0.848. The highest BCUT2D eigenvalue weighted by Crippen LogP contribution is 2.35. The minimum Gasteiger partial charge on any atom is -0.505 e. The number of nitrogens with zero attached hydrogens (tertiary/aromatic N) is 1. The Hall–Kier alpha value is -2.08. The van der Waals surface area contributed by atoms with Gasteiger partial charge in [0.05, 0.1) is 13.5 Å². The minimum atomic E-state index is -0.676. The van der Waals surface area contributed by atoms with Gasteiger partial charge in [0.15, 0.2) is 11.6 Å². The van der Waals surface area contributed by atoms with E-state index in [1.807, 2.05) is 25.9 Å². The van der Waals surface area contributed by atoms with Crippen molar-refractivity contribution in [1.82, 2.24) is 9.88 Å². The molecular weight excluding hydrogens is 275 g/mol. The van der Waals surface area contributed by atoms with E-state index in [4.69, 9.17) is 4.74 Å². The average molecular weight is 294 g/mol. The standard InChI is InChI=1S/C15H19FN2O3/c1-8-9(5-13(19)21-4)14-10(7-18(2)3)15(20)11(16)6-12(14)17-8/h6,17,20H,5,7H2,1-4H3. The van der Waals surface area contributed by atoms with Gasteiger partial charge in [-0.25, -0.2) is 4.39 Å². The number of H-pyrrole nitrogens is 1. The molecule has 2 rings (SSSR count). The van der Waals surface area contributed by atoms with Crippen molar-refractivity contribution >= 4 is 16.9 Å². The Morgan fingerprint density at radius 1 is 1.43 bits per heavy atom. The van der Waals surface area contributed by atoms with Crippen molar-refractivity contribution < 1.29 is 19.0 Å². The lowest BCUT2D eigenvalue weighted by Gasteiger charge is -2.14. The number of benzene rings is 1. The number of aromatic amines is 1. The Labute approximate surface area is 122 Å². The first kappa shape index (κ1) is 15.3. The topological polar surface area (TPSA) is 65.6 Å². The summed E-state index contributed by atoms with van der Waals surface area (Å²) < 4.78 is 18.6. The predicted octanol–water partition coefficient (Wildman–Crippen LogP) is 2.10. The molecule has 0 radical (unpaired) electrons. The molecule has 5 nitrogen and oxygen atoms in total. The van der Waals surface area contributed by atoms with E-state index in [0.717, 1.165) is 11.3 Å². The number of aryl methyl sites for hydroxylation is 1. The molecule has 0 atom stereocenters. The van der Waals surface area contributed by atoms with Crippen LogP contribution in [0, 0.1) is 12.7 Å². The molecule has 6 heteroatoms. The lowest BCUT2D eigenvalue weighted by atomic mass is 10.0. The van der Waals surface area contributed by atoms with Crippen molar-refractivity contribution in [2.24, 2.45) is 0 Å². The Morgan fingerprint density at radius 3 is 2.67 bits per heavy atom. The third-order valence-corrected chi connectivity index (χ3v) is 3.45. The fraction of sp³-hybridized carbons (Fsp3) is 0.400. The van der Waals surface area contributed by atoms with E-state index in [-0.39, 0.29) is 18.1 Å². The number of phenolic OH excluding ortho intramolecular Hbond substituents is 1. The van der Waals surface area contributed by atoms with E-state index in [0.29, 0.717) is 23.0 Å². The van der Waals surface area contributed by atoms with Crippen molar-refractivity contribution in [3.63, 3.8) is 0 Å². The summed E-state index contributed by atoms with van der Waals surface area (Å²) in [5.41, 5.74) is 2.53. The number of nitrogens with one attached hydrogen (secondary N) is 1. The second-order valence-electron chi connectivity index (χ2n) is 5.33. The number of aromatic hydroxyl groups is 1. The van der Waals surface area contributed by atoms with Crippen LogP contribution in [0.3, 0.4) is 0 Å². The molecule has 0 bridgehead atoms. The molecule has 0 aliphatic rings. The fourth-order valence-electron chi connectivity index (χ4n) is 2.51. The van der Waals surface area contributed by atoms with Crippen LogP contribution in [0.4, 0.5) is 4.39 Å². The normalized spacial score (nSPS) is 11.3. The van der Waals surface area contributed by atoms with Crippen LogP contribution in [0.25, 0.3) is 10.9 Å². The van der Waals surface area contributed by atoms with Gasteiger partial charge in [0.1, 0.15) is 0 Å². The molecule has 2 N–H and O–H groups in total. The van der Waals surface area contributed by atoms with Crippen LogP contribution in [-0.2, 0) is 22.5 Å². The number of hydrogen-bond donors (Lipinski definition) is 2. The van der Waals surface area contributed by atoms with Gasteiger partial charge < -0.3 is 19.7 Å². The first-order valence-electron chi connectivity index (χ1n) is 6.58. The zero-order valence-electron chi connectivity index (χ0n) is 12.6. The van der Waals surface area contributed by atoms with Crippen LogP contribution in [0.1, 0.15) is 16.8 Å². The van der Waals surface area contributed by atoms with Crippen LogP contribution in [0.15, 0.2) is 6.07 Å². The Morgan fingerprint density at radius 2 is 2.10 bits per heavy atom. The van der Waals surface area contributed by atoms with Gasteiger partial charge in [-0.05, 0) is 26.6 Å². The largest absolute Gasteiger partial charge is 0.505 e. The number of rotatable bonds is 4. The number of ether oxygens (including phenoxy) is 1. The Bertz CT molecular complexity index is 692. The van der Waals surface area contributed by atoms with E-state index in [9.17, 15) is 14.3 Å². The summed E-state index contributed by atoms with van der Waals surface area (Å²) in [4.78, 5) is 16.5. The molecule has 0 amide bonds. The van der Waals surface area contributed by atoms with Gasteiger partial charge >= 0.3 is 5.97 Å². The van der Waals surface area contributed by atoms with Gasteiger partial charge in [0.2, 0.25) is 0 Å². The van der Waals surface area contributed by atoms with Crippen molar-refractivity contribution in [2.75, 3.05) is 21.2 Å². The average Bonchev–Trinajstić information content (AvgIpc) is 2.70. The maximum absolute atomic E-state index is 13.8. The van der Waals surface area contributed by atoms with Crippen LogP contribution < -0.4 is 0 Å². The van der Waals surface area contributed by atoms with Crippen molar-refractivity contribution in [1.29, 1.82) is 0 Å². The van der Waals surface area contributed by atoms with Crippen molar-refractivity contribution in [2.45, 2.75) is 19.9 Å². The molecule has 0 fully saturated rings. The summed E-state index contributed by atoms with van der Waals surface area (Å²) in [6, 6.07) is 1.25. The monoisotopic (exact) mass is 294 g/mol. The fourth-order valence-corrected chi connectivity index (χ4v) is 2.51. The van der Waals surface area contributed by atoms with E-state index in [2.05, 4.69) is 4.98 Å². The lowest BCUT2D eigenvalue weighted by molar-refractivity contribution is -0.139. The maximum Gasteiger partial charge on any atom is 0.310 e. The van der Waals surface area contributed by atoms with E-state index < -0.39 is 5.82 Å². The first-order valence-corrected chi connectivity index (χ1v) is 6.58. The predicted molar refractivity (Wildman–Crippen MR) is 77.8 cm³/mol. The van der Waals surface area contributed by atoms with Gasteiger partial charge in [0, 0.05) is 34.8 Å². The molecule has 1 aromatic carbocycles. The summed E-state index contributed by atoms with van der Waals surface area (Å²) >= 11 is 0. The van der Waals surface area contributed by atoms with Gasteiger partial charge in [0.25, 0.3) is 0 Å². The number of phenols is 1. The third-order valence-electron chi connectivity index (χ3n) is 3.45. The number of carbonyl (C=O) groups is 1. The summed E-state index contributed by atoms with van der Waals surface area (Å²) in [5, 5.41) is 10.7. The number of hydrogen-bond acceptors (Lipinski definition) is 4. The maximum atomic E-state index is 13.8. The molecule has 0 spiro atoms. The number of halogens is 1. The molecule has 0 aliphatic carbocycles. The van der Waals surface area contributed by atoms with Crippen LogP contribution in [0.5, 0.6) is 5.75 Å². The zero-order chi connectivity index (χ0) is 15.7. The van der Waals surface area contributed by atoms with E-state index in [1.165, 1.54) is 13.2 Å². The van der Waals surface area contributed by atoms with Crippen LogP contribution in [0.2, 0.25) is 0 Å². The summed E-state index contributed by atoms with van der Waals surface area (Å²) in [6.07, 6.45) is 0.0772. The molecule has 0 aliphatic heterocycles. The molecule has 1 aromatic heterocycles. The second kappa shape index (κ2) is 5.73. The number of esters is 1. The number of carbonyl (C=O) groups excluding carboxylic acids is 1. The minimum absolute atomic E-state index is 0.0772. The third kappa shape index (κ3) is 2.85. The lowest BCUT2D eigenvalue weighted by Crippen LogP contribution is -2.12. The van der Waals surface area contributed by atoms with Gasteiger partial charge in [-0.15, -0.1) is 0 Å². The molecule has 1 heterocycles. The van der Waals surface area contributed by atoms with Gasteiger partial charge in [-0.2, -0.15) is 0 Å². The molecule has 21 heavy (non-hydrogen) atoms. The highest BCUT2D eigenvalue weighted by Gasteiger charge is 2.21. The van der Waals surface area contributed by atoms with Crippen LogP contribution in [-0.4, -0.2) is 42.2 Å². The van der Waals surface area contributed by atoms with Crippen molar-refractivity contribution in [3.8, 4) is 5.75 Å². The highest BCUT2D eigenvalue weighted by molar-refractivity contribution is 5.92. The summed E-state index contributed by atoms with van der Waals surface area (Å²) in [7, 11) is 4.98. The SMILES string of the molecule is COC(=O)Cc1c(C)[nH]c2cc(F)c(O)c(CN(C)C)c12. The molecule has 0 unspecified atom stereocenters. The molecule has 0 saturated heterocycles. The first-order chi connectivity index (χ1) is 9.85. The van der Waals surface area contributed by atoms with Gasteiger partial charge in [-0.1, -0.05) is 0 Å². The number of fused-ring (bicyclic) bond motifs is 1. The molecular formula is C15H19FN2O3. The Balaban J connectivity index is 2.71. The summed E-state index contributed by atoms with van der Waals surface area (Å²) in [6.45, 7) is 2.18. The van der Waals surface area contributed by atoms with E-state index >= 15 is 0 Å². The van der Waals surface area contributed by atoms with Crippen LogP contribution >= 0.6 is 0 Å². The second-order valence-corrected chi connectivity index (χ2v) is 5.33. The highest BCUT2D eigenvalue weighted by atomic mass is 19.1. The molecule has 0 saturated carbocycles.